The Balaban J connectivity index is 1.27. The van der Waals surface area contributed by atoms with E-state index in [0.717, 1.165) is 38.7 Å². The first-order chi connectivity index (χ1) is 22.1. The van der Waals surface area contributed by atoms with Crippen LogP contribution in [0.1, 0.15) is 22.3 Å². The summed E-state index contributed by atoms with van der Waals surface area (Å²) in [7, 11) is 3.96. The molecule has 2 heterocycles. The summed E-state index contributed by atoms with van der Waals surface area (Å²) in [6.07, 6.45) is 3.91. The van der Waals surface area contributed by atoms with Gasteiger partial charge in [-0.2, -0.15) is 10.5 Å². The van der Waals surface area contributed by atoms with Crippen LogP contribution in [0.4, 0.5) is 0 Å². The standard InChI is InChI=1S/C40H23N3PS/c41-23-29(27-7-3-1-4-8-27)19-25-11-13-31-33-15-18-36-34(39(33)43(44)37(31)21-25)16-17-35-32-14-12-26(22-38(32)45-40(35)36)20-30(24-42)28-9-5-2-6-10-28/h1-22,44H/q-1/b29-19+,30-20+. The lowest BCUT2D eigenvalue weighted by molar-refractivity contribution is 1.44. The number of fused-ring (bicyclic) bond motifs is 9. The fourth-order valence-electron chi connectivity index (χ4n) is 6.29. The molecule has 8 rings (SSSR count). The molecule has 0 saturated heterocycles. The predicted molar refractivity (Wildman–Crippen MR) is 193 cm³/mol. The summed E-state index contributed by atoms with van der Waals surface area (Å²) in [5.74, 6) is 0. The second-order valence-electron chi connectivity index (χ2n) is 11.0. The third-order valence-corrected chi connectivity index (χ3v) is 10.1. The average molecular weight is 609 g/mol. The number of nitriles is 2. The molecule has 0 atom stereocenters. The first-order valence-electron chi connectivity index (χ1n) is 14.5. The van der Waals surface area contributed by atoms with Crippen molar-refractivity contribution in [3.8, 4) is 12.1 Å². The lowest BCUT2D eigenvalue weighted by Crippen LogP contribution is -1.83. The van der Waals surface area contributed by atoms with Crippen LogP contribution in [-0.2, 0) is 0 Å². The van der Waals surface area contributed by atoms with Crippen LogP contribution in [0.2, 0.25) is 0 Å². The van der Waals surface area contributed by atoms with E-state index >= 15 is 0 Å². The van der Waals surface area contributed by atoms with Crippen molar-refractivity contribution < 1.29 is 0 Å². The molecule has 0 saturated carbocycles. The summed E-state index contributed by atoms with van der Waals surface area (Å²) in [6, 6.07) is 46.0. The maximum Gasteiger partial charge on any atom is 0.0998 e. The SMILES string of the molecule is N#C/C(=C\c1ccc2c(c1)sc1c2ccc2c1ccc1c3ccc(/C=C(\C#N)c4ccccc4)cc3n([PH-])c21)c1ccccc1. The lowest BCUT2D eigenvalue weighted by atomic mass is 10.0. The van der Waals surface area contributed by atoms with Crippen LogP contribution >= 0.6 is 20.7 Å². The third kappa shape index (κ3) is 4.52. The Bertz CT molecular complexity index is 2610. The van der Waals surface area contributed by atoms with Crippen molar-refractivity contribution in [2.45, 2.75) is 0 Å². The molecule has 210 valence electrons. The number of benzene rings is 6. The molecule has 0 unspecified atom stereocenters. The second kappa shape index (κ2) is 10.9. The van der Waals surface area contributed by atoms with E-state index in [4.69, 9.17) is 0 Å². The van der Waals surface area contributed by atoms with E-state index in [2.05, 4.69) is 86.5 Å². The topological polar surface area (TPSA) is 52.5 Å². The fourth-order valence-corrected chi connectivity index (χ4v) is 7.99. The van der Waals surface area contributed by atoms with Gasteiger partial charge in [0, 0.05) is 52.8 Å². The van der Waals surface area contributed by atoms with Crippen molar-refractivity contribution >= 4 is 96.8 Å². The molecule has 0 bridgehead atoms. The predicted octanol–water partition coefficient (Wildman–Crippen LogP) is 11.3. The van der Waals surface area contributed by atoms with Crippen LogP contribution in [-0.4, -0.2) is 4.34 Å². The molecule has 2 aromatic heterocycles. The van der Waals surface area contributed by atoms with E-state index in [-0.39, 0.29) is 0 Å². The van der Waals surface area contributed by atoms with Crippen molar-refractivity contribution in [3.05, 3.63) is 144 Å². The Morgan fingerprint density at radius 2 is 1.07 bits per heavy atom. The van der Waals surface area contributed by atoms with Gasteiger partial charge < -0.3 is 13.7 Å². The number of hydrogen-bond acceptors (Lipinski definition) is 3. The Morgan fingerprint density at radius 3 is 1.67 bits per heavy atom. The molecule has 45 heavy (non-hydrogen) atoms. The fraction of sp³-hybridized carbons (Fsp3) is 0. The normalized spacial score (nSPS) is 12.3. The minimum absolute atomic E-state index is 0.631. The van der Waals surface area contributed by atoms with Crippen molar-refractivity contribution in [1.29, 1.82) is 10.5 Å². The van der Waals surface area contributed by atoms with Gasteiger partial charge >= 0.3 is 0 Å². The minimum Gasteiger partial charge on any atom is -0.501 e. The molecular formula is C40H23N3PS-. The highest BCUT2D eigenvalue weighted by Crippen LogP contribution is 2.43. The largest absolute Gasteiger partial charge is 0.501 e. The average Bonchev–Trinajstić information content (AvgIpc) is 3.61. The smallest absolute Gasteiger partial charge is 0.0998 e. The highest BCUT2D eigenvalue weighted by atomic mass is 32.1. The summed E-state index contributed by atoms with van der Waals surface area (Å²) < 4.78 is 4.53. The first-order valence-corrected chi connectivity index (χ1v) is 15.8. The van der Waals surface area contributed by atoms with Gasteiger partial charge in [-0.1, -0.05) is 109 Å². The molecular weight excluding hydrogens is 586 g/mol. The quantitative estimate of drug-likeness (QED) is 0.113. The van der Waals surface area contributed by atoms with Crippen LogP contribution in [0.5, 0.6) is 0 Å². The first kappa shape index (κ1) is 27.1. The van der Waals surface area contributed by atoms with Crippen molar-refractivity contribution in [1.82, 2.24) is 4.34 Å². The molecule has 0 amide bonds. The number of rotatable bonds is 4. The van der Waals surface area contributed by atoms with E-state index in [1.165, 1.54) is 36.3 Å². The number of aromatic nitrogens is 1. The van der Waals surface area contributed by atoms with E-state index in [1.54, 1.807) is 11.3 Å². The molecule has 6 aromatic carbocycles. The lowest BCUT2D eigenvalue weighted by Gasteiger charge is -2.12. The molecule has 5 heteroatoms. The zero-order chi connectivity index (χ0) is 30.5. The molecule has 0 aliphatic carbocycles. The van der Waals surface area contributed by atoms with E-state index in [0.29, 0.717) is 11.1 Å². The van der Waals surface area contributed by atoms with Gasteiger partial charge in [-0.25, -0.2) is 0 Å². The van der Waals surface area contributed by atoms with Gasteiger partial charge in [0.25, 0.3) is 0 Å². The summed E-state index contributed by atoms with van der Waals surface area (Å²) in [5, 5.41) is 26.8. The monoisotopic (exact) mass is 608 g/mol. The van der Waals surface area contributed by atoms with Gasteiger partial charge in [0.1, 0.15) is 0 Å². The maximum absolute atomic E-state index is 9.84. The molecule has 0 radical (unpaired) electrons. The van der Waals surface area contributed by atoms with Gasteiger partial charge in [-0.3, -0.25) is 0 Å². The van der Waals surface area contributed by atoms with Crippen LogP contribution in [0, 0.1) is 22.7 Å². The number of hydrogen-bond donors (Lipinski definition) is 0. The van der Waals surface area contributed by atoms with E-state index < -0.39 is 0 Å². The zero-order valence-electron chi connectivity index (χ0n) is 24.0. The van der Waals surface area contributed by atoms with Crippen molar-refractivity contribution in [3.63, 3.8) is 0 Å². The van der Waals surface area contributed by atoms with Gasteiger partial charge in [-0.05, 0) is 46.5 Å². The zero-order valence-corrected chi connectivity index (χ0v) is 25.8. The molecule has 8 aromatic rings. The summed E-state index contributed by atoms with van der Waals surface area (Å²) in [5.41, 5.74) is 7.25. The highest BCUT2D eigenvalue weighted by Gasteiger charge is 2.14. The van der Waals surface area contributed by atoms with Crippen LogP contribution in [0.25, 0.3) is 76.0 Å². The molecule has 0 aliphatic heterocycles. The minimum atomic E-state index is 0.631. The van der Waals surface area contributed by atoms with Gasteiger partial charge in [0.15, 0.2) is 0 Å². The van der Waals surface area contributed by atoms with Crippen molar-refractivity contribution in [2.75, 3.05) is 0 Å². The maximum atomic E-state index is 9.84. The Kier molecular flexibility index (Phi) is 6.55. The third-order valence-electron chi connectivity index (χ3n) is 8.44. The van der Waals surface area contributed by atoms with Crippen molar-refractivity contribution in [2.24, 2.45) is 0 Å². The second-order valence-corrected chi connectivity index (χ2v) is 12.5. The Hall–Kier alpha value is -5.51. The molecule has 0 aliphatic rings. The van der Waals surface area contributed by atoms with Gasteiger partial charge in [-0.15, -0.1) is 11.3 Å². The van der Waals surface area contributed by atoms with Crippen LogP contribution in [0.15, 0.2) is 121 Å². The van der Waals surface area contributed by atoms with Gasteiger partial charge in [0.05, 0.1) is 23.3 Å². The summed E-state index contributed by atoms with van der Waals surface area (Å²) >= 11 is 1.79. The Labute approximate surface area is 266 Å². The summed E-state index contributed by atoms with van der Waals surface area (Å²) in [6.45, 7) is 0. The molecule has 0 fully saturated rings. The van der Waals surface area contributed by atoms with Crippen LogP contribution in [0.3, 0.4) is 0 Å². The molecule has 3 nitrogen and oxygen atoms in total. The van der Waals surface area contributed by atoms with Crippen LogP contribution < -0.4 is 0 Å². The summed E-state index contributed by atoms with van der Waals surface area (Å²) in [4.78, 5) is 0. The Morgan fingerprint density at radius 1 is 0.578 bits per heavy atom. The van der Waals surface area contributed by atoms with E-state index in [1.807, 2.05) is 72.8 Å². The molecule has 0 N–H and O–H groups in total. The highest BCUT2D eigenvalue weighted by molar-refractivity contribution is 7.26. The number of allylic oxidation sites excluding steroid dienone is 2. The number of thiophene rings is 1. The van der Waals surface area contributed by atoms with E-state index in [9.17, 15) is 10.5 Å². The van der Waals surface area contributed by atoms with Gasteiger partial charge in [0.2, 0.25) is 0 Å². The molecule has 0 spiro atoms. The number of nitrogens with zero attached hydrogens (tertiary/aromatic N) is 3.